The summed E-state index contributed by atoms with van der Waals surface area (Å²) in [4.78, 5) is 1.92. The van der Waals surface area contributed by atoms with Crippen LogP contribution in [0.3, 0.4) is 0 Å². The lowest BCUT2D eigenvalue weighted by atomic mass is 10.0. The van der Waals surface area contributed by atoms with Crippen LogP contribution in [-0.2, 0) is 9.84 Å². The molecular weight excluding hydrogens is 226 g/mol. The fourth-order valence-corrected chi connectivity index (χ4v) is 1.73. The van der Waals surface area contributed by atoms with Crippen molar-refractivity contribution in [2.45, 2.75) is 18.9 Å². The van der Waals surface area contributed by atoms with Crippen molar-refractivity contribution in [3.8, 4) is 6.07 Å². The van der Waals surface area contributed by atoms with Gasteiger partial charge in [-0.05, 0) is 27.4 Å². The monoisotopic (exact) mass is 247 g/mol. The third-order valence-electron chi connectivity index (χ3n) is 2.64. The Kier molecular flexibility index (Phi) is 5.94. The first-order valence-electron chi connectivity index (χ1n) is 5.19. The third-order valence-corrected chi connectivity index (χ3v) is 3.56. The normalized spacial score (nSPS) is 15.8. The lowest BCUT2D eigenvalue weighted by Gasteiger charge is -2.24. The number of rotatable bonds is 7. The number of nitriles is 1. The Balaban J connectivity index is 4.00. The Morgan fingerprint density at radius 2 is 2.00 bits per heavy atom. The first kappa shape index (κ1) is 15.4. The van der Waals surface area contributed by atoms with Gasteiger partial charge in [0.25, 0.3) is 0 Å². The van der Waals surface area contributed by atoms with Gasteiger partial charge in [-0.25, -0.2) is 8.42 Å². The predicted molar refractivity (Wildman–Crippen MR) is 64.9 cm³/mol. The highest BCUT2D eigenvalue weighted by atomic mass is 32.2. The minimum absolute atomic E-state index is 0.159. The molecule has 1 N–H and O–H groups in total. The quantitative estimate of drug-likeness (QED) is 0.677. The van der Waals surface area contributed by atoms with E-state index in [1.54, 1.807) is 7.05 Å². The van der Waals surface area contributed by atoms with Gasteiger partial charge in [-0.15, -0.1) is 0 Å². The molecule has 0 bridgehead atoms. The Bertz CT molecular complexity index is 348. The summed E-state index contributed by atoms with van der Waals surface area (Å²) in [6.45, 7) is 3.03. The van der Waals surface area contributed by atoms with Crippen molar-refractivity contribution in [2.75, 3.05) is 39.2 Å². The van der Waals surface area contributed by atoms with Crippen LogP contribution < -0.4 is 5.32 Å². The van der Waals surface area contributed by atoms with Gasteiger partial charge in [-0.2, -0.15) is 5.26 Å². The topological polar surface area (TPSA) is 73.2 Å². The molecule has 0 amide bonds. The molecule has 0 aromatic rings. The van der Waals surface area contributed by atoms with E-state index < -0.39 is 15.4 Å². The zero-order chi connectivity index (χ0) is 12.8. The molecular formula is C10H21N3O2S. The number of nitrogens with one attached hydrogen (secondary N) is 1. The van der Waals surface area contributed by atoms with Crippen molar-refractivity contribution in [1.29, 1.82) is 5.26 Å². The number of sulfone groups is 1. The predicted octanol–water partition coefficient (Wildman–Crippen LogP) is -0.145. The summed E-state index contributed by atoms with van der Waals surface area (Å²) < 4.78 is 21.9. The van der Waals surface area contributed by atoms with Crippen LogP contribution in [0.15, 0.2) is 0 Å². The molecule has 0 spiro atoms. The first-order valence-corrected chi connectivity index (χ1v) is 7.25. The summed E-state index contributed by atoms with van der Waals surface area (Å²) in [5, 5.41) is 11.9. The summed E-state index contributed by atoms with van der Waals surface area (Å²) >= 11 is 0. The van der Waals surface area contributed by atoms with E-state index in [0.29, 0.717) is 19.5 Å². The second kappa shape index (κ2) is 6.18. The molecule has 0 aliphatic heterocycles. The van der Waals surface area contributed by atoms with Crippen molar-refractivity contribution >= 4 is 9.84 Å². The molecule has 0 radical (unpaired) electrons. The summed E-state index contributed by atoms with van der Waals surface area (Å²) in [6.07, 6.45) is 1.90. The first-order chi connectivity index (χ1) is 7.22. The van der Waals surface area contributed by atoms with Gasteiger partial charge in [-0.1, -0.05) is 0 Å². The molecule has 1 atom stereocenters. The highest BCUT2D eigenvalue weighted by Gasteiger charge is 2.21. The van der Waals surface area contributed by atoms with Crippen LogP contribution in [0.4, 0.5) is 0 Å². The molecule has 0 aliphatic carbocycles. The Morgan fingerprint density at radius 1 is 1.44 bits per heavy atom. The van der Waals surface area contributed by atoms with Gasteiger partial charge in [0.15, 0.2) is 0 Å². The van der Waals surface area contributed by atoms with Crippen molar-refractivity contribution in [2.24, 2.45) is 0 Å². The smallest absolute Gasteiger partial charge is 0.148 e. The van der Waals surface area contributed by atoms with Crippen LogP contribution in [0.1, 0.15) is 13.3 Å². The lowest BCUT2D eigenvalue weighted by Crippen LogP contribution is -2.41. The zero-order valence-corrected chi connectivity index (χ0v) is 11.3. The van der Waals surface area contributed by atoms with Gasteiger partial charge in [-0.3, -0.25) is 0 Å². The fraction of sp³-hybridized carbons (Fsp3) is 0.900. The summed E-state index contributed by atoms with van der Waals surface area (Å²) in [6, 6.07) is 2.20. The molecule has 0 saturated carbocycles. The maximum atomic E-state index is 11.0. The molecule has 6 heteroatoms. The van der Waals surface area contributed by atoms with Crippen LogP contribution in [0.5, 0.6) is 0 Å². The number of hydrogen-bond acceptors (Lipinski definition) is 5. The molecule has 0 saturated heterocycles. The van der Waals surface area contributed by atoms with Crippen molar-refractivity contribution in [1.82, 2.24) is 10.2 Å². The highest BCUT2D eigenvalue weighted by Crippen LogP contribution is 2.07. The highest BCUT2D eigenvalue weighted by molar-refractivity contribution is 7.90. The lowest BCUT2D eigenvalue weighted by molar-refractivity contribution is 0.307. The average molecular weight is 247 g/mol. The summed E-state index contributed by atoms with van der Waals surface area (Å²) in [7, 11) is 0.703. The third kappa shape index (κ3) is 6.77. The van der Waals surface area contributed by atoms with E-state index in [1.165, 1.54) is 6.26 Å². The van der Waals surface area contributed by atoms with Crippen LogP contribution in [-0.4, -0.2) is 58.1 Å². The Labute approximate surface area is 98.4 Å². The molecule has 0 aromatic carbocycles. The average Bonchev–Trinajstić information content (AvgIpc) is 2.22. The molecule has 0 aliphatic rings. The van der Waals surface area contributed by atoms with Gasteiger partial charge in [0.1, 0.15) is 15.4 Å². The van der Waals surface area contributed by atoms with E-state index >= 15 is 0 Å². The maximum Gasteiger partial charge on any atom is 0.148 e. The maximum absolute atomic E-state index is 11.0. The van der Waals surface area contributed by atoms with Gasteiger partial charge in [0.05, 0.1) is 11.8 Å². The van der Waals surface area contributed by atoms with Gasteiger partial charge >= 0.3 is 0 Å². The fourth-order valence-electron chi connectivity index (χ4n) is 1.08. The van der Waals surface area contributed by atoms with Gasteiger partial charge in [0.2, 0.25) is 0 Å². The van der Waals surface area contributed by atoms with E-state index in [9.17, 15) is 8.42 Å². The molecule has 5 nitrogen and oxygen atoms in total. The molecule has 0 aromatic heterocycles. The van der Waals surface area contributed by atoms with Crippen molar-refractivity contribution in [3.05, 3.63) is 0 Å². The molecule has 0 heterocycles. The standard InChI is InChI=1S/C10H21N3O2S/c1-10(9-11,12-2)5-6-13(3)7-8-16(4,14)15/h12H,5-8H2,1-4H3. The van der Waals surface area contributed by atoms with E-state index in [2.05, 4.69) is 11.4 Å². The van der Waals surface area contributed by atoms with E-state index in [-0.39, 0.29) is 5.75 Å². The second-order valence-corrected chi connectivity index (χ2v) is 6.64. The van der Waals surface area contributed by atoms with Crippen molar-refractivity contribution < 1.29 is 8.42 Å². The number of hydrogen-bond donors (Lipinski definition) is 1. The second-order valence-electron chi connectivity index (χ2n) is 4.38. The Morgan fingerprint density at radius 3 is 2.38 bits per heavy atom. The summed E-state index contributed by atoms with van der Waals surface area (Å²) in [5.74, 6) is 0.159. The van der Waals surface area contributed by atoms with E-state index in [1.807, 2.05) is 18.9 Å². The van der Waals surface area contributed by atoms with Crippen LogP contribution in [0.25, 0.3) is 0 Å². The minimum Gasteiger partial charge on any atom is -0.305 e. The molecule has 1 unspecified atom stereocenters. The zero-order valence-electron chi connectivity index (χ0n) is 10.4. The molecule has 0 rings (SSSR count). The molecule has 0 fully saturated rings. The van der Waals surface area contributed by atoms with E-state index in [0.717, 1.165) is 0 Å². The SMILES string of the molecule is CNC(C)(C#N)CCN(C)CCS(C)(=O)=O. The molecule has 94 valence electrons. The molecule has 16 heavy (non-hydrogen) atoms. The largest absolute Gasteiger partial charge is 0.305 e. The van der Waals surface area contributed by atoms with Gasteiger partial charge < -0.3 is 10.2 Å². The van der Waals surface area contributed by atoms with Crippen LogP contribution in [0, 0.1) is 11.3 Å². The van der Waals surface area contributed by atoms with Gasteiger partial charge in [0, 0.05) is 19.3 Å². The van der Waals surface area contributed by atoms with E-state index in [4.69, 9.17) is 5.26 Å². The van der Waals surface area contributed by atoms with Crippen LogP contribution in [0.2, 0.25) is 0 Å². The minimum atomic E-state index is -2.91. The number of nitrogens with zero attached hydrogens (tertiary/aromatic N) is 2. The van der Waals surface area contributed by atoms with Crippen LogP contribution >= 0.6 is 0 Å². The Hall–Kier alpha value is -0.640. The van der Waals surface area contributed by atoms with Crippen molar-refractivity contribution in [3.63, 3.8) is 0 Å². The summed E-state index contributed by atoms with van der Waals surface area (Å²) in [5.41, 5.74) is -0.542.